The summed E-state index contributed by atoms with van der Waals surface area (Å²) in [6, 6.07) is 18.1. The van der Waals surface area contributed by atoms with Crippen LogP contribution in [-0.4, -0.2) is 35.7 Å². The van der Waals surface area contributed by atoms with E-state index in [2.05, 4.69) is 9.88 Å². The molecular formula is C26H21ClFN5O. The van der Waals surface area contributed by atoms with Gasteiger partial charge < -0.3 is 14.4 Å². The Kier molecular flexibility index (Phi) is 5.91. The molecule has 1 aliphatic rings. The molecule has 2 aromatic heterocycles. The van der Waals surface area contributed by atoms with Crippen molar-refractivity contribution in [3.63, 3.8) is 0 Å². The molecule has 0 bridgehead atoms. The van der Waals surface area contributed by atoms with Crippen LogP contribution in [0.1, 0.15) is 11.1 Å². The maximum Gasteiger partial charge on any atom is 0.207 e. The molecule has 4 aromatic rings. The maximum absolute atomic E-state index is 15.2. The lowest BCUT2D eigenvalue weighted by atomic mass is 10.1. The second-order valence-corrected chi connectivity index (χ2v) is 8.66. The van der Waals surface area contributed by atoms with Gasteiger partial charge in [-0.3, -0.25) is 4.79 Å². The van der Waals surface area contributed by atoms with Gasteiger partial charge >= 0.3 is 0 Å². The van der Waals surface area contributed by atoms with Gasteiger partial charge in [-0.15, -0.1) is 0 Å². The zero-order valence-electron chi connectivity index (χ0n) is 18.3. The summed E-state index contributed by atoms with van der Waals surface area (Å²) in [5.41, 5.74) is 1.51. The highest BCUT2D eigenvalue weighted by Crippen LogP contribution is 2.27. The Bertz CT molecular complexity index is 1440. The minimum atomic E-state index is -0.469. The highest BCUT2D eigenvalue weighted by Gasteiger charge is 2.22. The van der Waals surface area contributed by atoms with Crippen molar-refractivity contribution >= 4 is 34.0 Å². The van der Waals surface area contributed by atoms with Crippen molar-refractivity contribution in [2.45, 2.75) is 6.54 Å². The molecular weight excluding hydrogens is 453 g/mol. The minimum absolute atomic E-state index is 0.0161. The minimum Gasteiger partial charge on any atom is -0.366 e. The van der Waals surface area contributed by atoms with E-state index in [1.807, 2.05) is 45.9 Å². The topological polar surface area (TPSA) is 65.2 Å². The summed E-state index contributed by atoms with van der Waals surface area (Å²) in [7, 11) is 0. The van der Waals surface area contributed by atoms with E-state index in [1.165, 1.54) is 6.07 Å². The highest BCUT2D eigenvalue weighted by atomic mass is 35.5. The Labute approximate surface area is 201 Å². The van der Waals surface area contributed by atoms with Gasteiger partial charge in [0.2, 0.25) is 5.43 Å². The zero-order valence-corrected chi connectivity index (χ0v) is 19.0. The number of nitrogens with zero attached hydrogens (tertiary/aromatic N) is 5. The van der Waals surface area contributed by atoms with Gasteiger partial charge in [0, 0.05) is 50.1 Å². The van der Waals surface area contributed by atoms with Crippen LogP contribution >= 0.6 is 11.6 Å². The molecule has 170 valence electrons. The molecule has 6 nitrogen and oxygen atoms in total. The van der Waals surface area contributed by atoms with Crippen LogP contribution in [0.3, 0.4) is 0 Å². The monoisotopic (exact) mass is 473 g/mol. The van der Waals surface area contributed by atoms with Crippen molar-refractivity contribution in [3.05, 3.63) is 99.2 Å². The van der Waals surface area contributed by atoms with E-state index >= 15 is 4.39 Å². The highest BCUT2D eigenvalue weighted by molar-refractivity contribution is 6.30. The van der Waals surface area contributed by atoms with E-state index in [4.69, 9.17) is 11.6 Å². The lowest BCUT2D eigenvalue weighted by molar-refractivity contribution is 0.597. The summed E-state index contributed by atoms with van der Waals surface area (Å²) in [4.78, 5) is 21.4. The molecule has 0 amide bonds. The molecule has 1 saturated heterocycles. The number of anilines is 2. The number of nitriles is 1. The summed E-state index contributed by atoms with van der Waals surface area (Å²) in [6.45, 7) is 3.08. The molecule has 0 aliphatic carbocycles. The Morgan fingerprint density at radius 2 is 1.76 bits per heavy atom. The second-order valence-electron chi connectivity index (χ2n) is 8.22. The van der Waals surface area contributed by atoms with Crippen molar-refractivity contribution in [3.8, 4) is 6.07 Å². The van der Waals surface area contributed by atoms with Crippen LogP contribution in [-0.2, 0) is 6.54 Å². The van der Waals surface area contributed by atoms with E-state index < -0.39 is 11.2 Å². The molecule has 0 saturated carbocycles. The van der Waals surface area contributed by atoms with Gasteiger partial charge in [0.25, 0.3) is 0 Å². The van der Waals surface area contributed by atoms with Gasteiger partial charge in [0.05, 0.1) is 16.6 Å². The zero-order chi connectivity index (χ0) is 23.7. The first kappa shape index (κ1) is 21.9. The van der Waals surface area contributed by atoms with Crippen molar-refractivity contribution < 1.29 is 4.39 Å². The summed E-state index contributed by atoms with van der Waals surface area (Å²) >= 11 is 6.01. The number of aromatic nitrogens is 2. The molecule has 0 N–H and O–H groups in total. The van der Waals surface area contributed by atoms with Crippen molar-refractivity contribution in [1.29, 1.82) is 5.26 Å². The van der Waals surface area contributed by atoms with Crippen molar-refractivity contribution in [1.82, 2.24) is 9.55 Å². The summed E-state index contributed by atoms with van der Waals surface area (Å²) in [5, 5.41) is 10.3. The van der Waals surface area contributed by atoms with Gasteiger partial charge in [-0.1, -0.05) is 29.8 Å². The first-order chi connectivity index (χ1) is 16.5. The predicted molar refractivity (Wildman–Crippen MR) is 132 cm³/mol. The summed E-state index contributed by atoms with van der Waals surface area (Å²) in [5.74, 6) is 0.436. The predicted octanol–water partition coefficient (Wildman–Crippen LogP) is 4.44. The summed E-state index contributed by atoms with van der Waals surface area (Å²) < 4.78 is 17.1. The van der Waals surface area contributed by atoms with Gasteiger partial charge in [-0.2, -0.15) is 5.26 Å². The van der Waals surface area contributed by atoms with Crippen LogP contribution in [0.15, 0.2) is 71.8 Å². The Hall–Kier alpha value is -3.89. The number of halogens is 2. The van der Waals surface area contributed by atoms with E-state index in [-0.39, 0.29) is 10.9 Å². The lowest BCUT2D eigenvalue weighted by Crippen LogP contribution is -2.47. The van der Waals surface area contributed by atoms with E-state index in [0.29, 0.717) is 49.0 Å². The normalized spacial score (nSPS) is 13.8. The molecule has 1 fully saturated rings. The number of benzene rings is 2. The van der Waals surface area contributed by atoms with Crippen molar-refractivity contribution in [2.24, 2.45) is 0 Å². The molecule has 5 rings (SSSR count). The number of pyridine rings is 2. The first-order valence-electron chi connectivity index (χ1n) is 11.0. The van der Waals surface area contributed by atoms with E-state index in [9.17, 15) is 10.1 Å². The number of piperazine rings is 1. The smallest absolute Gasteiger partial charge is 0.207 e. The average molecular weight is 474 g/mol. The quantitative estimate of drug-likeness (QED) is 0.438. The second kappa shape index (κ2) is 9.16. The molecule has 3 heterocycles. The molecule has 8 heteroatoms. The van der Waals surface area contributed by atoms with Crippen LogP contribution in [0.5, 0.6) is 0 Å². The number of rotatable bonds is 4. The van der Waals surface area contributed by atoms with Crippen LogP contribution in [0.25, 0.3) is 10.9 Å². The third-order valence-electron chi connectivity index (χ3n) is 6.13. The largest absolute Gasteiger partial charge is 0.366 e. The fourth-order valence-electron chi connectivity index (χ4n) is 4.36. The third-order valence-corrected chi connectivity index (χ3v) is 6.38. The van der Waals surface area contributed by atoms with E-state index in [0.717, 1.165) is 11.4 Å². The number of hydrogen-bond acceptors (Lipinski definition) is 5. The fourth-order valence-corrected chi connectivity index (χ4v) is 4.48. The van der Waals surface area contributed by atoms with Gasteiger partial charge in [-0.25, -0.2) is 9.37 Å². The third kappa shape index (κ3) is 4.20. The number of hydrogen-bond donors (Lipinski definition) is 0. The lowest BCUT2D eigenvalue weighted by Gasteiger charge is -2.37. The fraction of sp³-hybridized carbons (Fsp3) is 0.192. The molecule has 2 aromatic carbocycles. The van der Waals surface area contributed by atoms with E-state index in [1.54, 1.807) is 30.6 Å². The van der Waals surface area contributed by atoms with Crippen LogP contribution < -0.4 is 15.2 Å². The Morgan fingerprint density at radius 3 is 2.44 bits per heavy atom. The molecule has 0 spiro atoms. The molecule has 0 radical (unpaired) electrons. The molecule has 1 aliphatic heterocycles. The van der Waals surface area contributed by atoms with Gasteiger partial charge in [0.1, 0.15) is 23.3 Å². The molecule has 34 heavy (non-hydrogen) atoms. The molecule has 0 unspecified atom stereocenters. The number of fused-ring (bicyclic) bond motifs is 1. The first-order valence-corrected chi connectivity index (χ1v) is 11.3. The Balaban J connectivity index is 1.51. The van der Waals surface area contributed by atoms with Crippen LogP contribution in [0, 0.1) is 17.1 Å². The SMILES string of the molecule is N#Cc1cn(Cc2ccc(Cl)cc2)c2cc(N3CCN(c4ccccn4)CC3)c(F)cc2c1=O. The Morgan fingerprint density at radius 1 is 1.03 bits per heavy atom. The van der Waals surface area contributed by atoms with Gasteiger partial charge in [0.15, 0.2) is 0 Å². The maximum atomic E-state index is 15.2. The summed E-state index contributed by atoms with van der Waals surface area (Å²) in [6.07, 6.45) is 3.31. The van der Waals surface area contributed by atoms with Crippen molar-refractivity contribution in [2.75, 3.05) is 36.0 Å². The molecule has 0 atom stereocenters. The van der Waals surface area contributed by atoms with Crippen LogP contribution in [0.2, 0.25) is 5.02 Å². The van der Waals surface area contributed by atoms with Gasteiger partial charge in [-0.05, 0) is 42.0 Å². The average Bonchev–Trinajstić information content (AvgIpc) is 2.87. The standard InChI is InChI=1S/C26H21ClFN5O/c27-20-6-4-18(5-7-20)16-33-17-19(15-29)26(34)21-13-22(28)24(14-23(21)33)31-9-11-32(12-10-31)25-3-1-2-8-30-25/h1-8,13-14,17H,9-12,16H2. The van der Waals surface area contributed by atoms with Crippen LogP contribution in [0.4, 0.5) is 15.9 Å².